The molecule has 2 aromatic heterocycles. The average Bonchev–Trinajstić information content (AvgIpc) is 3.37. The summed E-state index contributed by atoms with van der Waals surface area (Å²) in [6.07, 6.45) is -0.0148. The van der Waals surface area contributed by atoms with Crippen LogP contribution in [0, 0.1) is 0 Å². The van der Waals surface area contributed by atoms with Gasteiger partial charge in [-0.1, -0.05) is 0 Å². The summed E-state index contributed by atoms with van der Waals surface area (Å²) in [5, 5.41) is 8.75. The Morgan fingerprint density at radius 1 is 0.861 bits per heavy atom. The highest BCUT2D eigenvalue weighted by atomic mass is 32.9. The van der Waals surface area contributed by atoms with Gasteiger partial charge >= 0.3 is 9.75 Å². The van der Waals surface area contributed by atoms with Gasteiger partial charge in [0.25, 0.3) is 10.4 Å². The smallest absolute Gasteiger partial charge is 0.329 e. The third-order valence-corrected chi connectivity index (χ3v) is 15.9. The molecule has 20 heteroatoms. The van der Waals surface area contributed by atoms with E-state index in [4.69, 9.17) is 51.2 Å². The van der Waals surface area contributed by atoms with E-state index in [0.717, 1.165) is 22.7 Å². The van der Waals surface area contributed by atoms with Crippen molar-refractivity contribution in [3.05, 3.63) is 19.3 Å². The Hall–Kier alpha value is 0.160. The topological polar surface area (TPSA) is 125 Å². The molecule has 0 bridgehead atoms. The minimum atomic E-state index is -2.41. The summed E-state index contributed by atoms with van der Waals surface area (Å²) in [6, 6.07) is 0. The number of aromatic nitrogens is 4. The van der Waals surface area contributed by atoms with Gasteiger partial charge in [0.15, 0.2) is 0 Å². The predicted molar refractivity (Wildman–Crippen MR) is 156 cm³/mol. The van der Waals surface area contributed by atoms with E-state index in [9.17, 15) is 9.59 Å². The van der Waals surface area contributed by atoms with Crippen molar-refractivity contribution in [3.8, 4) is 10.4 Å². The van der Waals surface area contributed by atoms with Crippen LogP contribution in [0.3, 0.4) is 0 Å². The lowest BCUT2D eigenvalue weighted by Crippen LogP contribution is -2.13. The van der Waals surface area contributed by atoms with Crippen LogP contribution in [0.25, 0.3) is 0 Å². The summed E-state index contributed by atoms with van der Waals surface area (Å²) in [4.78, 5) is 22.8. The molecule has 208 valence electrons. The van der Waals surface area contributed by atoms with E-state index >= 15 is 0 Å². The number of nitrogens with zero attached hydrogens (tertiary/aromatic N) is 4. The van der Waals surface area contributed by atoms with Crippen molar-refractivity contribution >= 4 is 80.4 Å². The molecule has 0 aromatic carbocycles. The fourth-order valence-corrected chi connectivity index (χ4v) is 10.2. The van der Waals surface area contributed by atoms with Crippen LogP contribution in [0.4, 0.5) is 0 Å². The van der Waals surface area contributed by atoms with Crippen LogP contribution in [0.1, 0.15) is 27.7 Å². The lowest BCUT2D eigenvalue weighted by atomic mass is 10.5. The lowest BCUT2D eigenvalue weighted by molar-refractivity contribution is 0.237. The largest absolute Gasteiger partial charge is 0.472 e. The van der Waals surface area contributed by atoms with Crippen LogP contribution in [-0.2, 0) is 53.5 Å². The van der Waals surface area contributed by atoms with Gasteiger partial charge in [-0.25, -0.2) is 9.36 Å². The summed E-state index contributed by atoms with van der Waals surface area (Å²) in [7, 11) is 4.44. The van der Waals surface area contributed by atoms with Crippen LogP contribution in [-0.4, -0.2) is 60.2 Å². The summed E-state index contributed by atoms with van der Waals surface area (Å²) < 4.78 is 34.0. The maximum Gasteiger partial charge on any atom is 0.329 e. The second-order valence-electron chi connectivity index (χ2n) is 6.25. The molecule has 0 aliphatic carbocycles. The second kappa shape index (κ2) is 17.0. The van der Waals surface area contributed by atoms with Crippen molar-refractivity contribution in [2.45, 2.75) is 45.6 Å². The van der Waals surface area contributed by atoms with Crippen molar-refractivity contribution in [1.29, 1.82) is 0 Å². The summed E-state index contributed by atoms with van der Waals surface area (Å²) in [5.74, 6) is 0.589. The minimum Gasteiger partial charge on any atom is -0.472 e. The molecule has 0 spiro atoms. The molecule has 2 rings (SSSR count). The molecule has 0 atom stereocenters. The Morgan fingerprint density at radius 2 is 1.31 bits per heavy atom. The SMILES string of the molecule is CCOP(=S)(OCC)SCn1nc(OC(C)C)sc1=O.COc1nn(CSP(=S)(OC)OC)c(=O)s1. The Balaban J connectivity index is 0.000000369. The quantitative estimate of drug-likeness (QED) is 0.247. The zero-order chi connectivity index (χ0) is 27.4. The maximum absolute atomic E-state index is 11.8. The second-order valence-corrected chi connectivity index (χ2v) is 20.8. The van der Waals surface area contributed by atoms with Crippen LogP contribution in [0.15, 0.2) is 9.59 Å². The van der Waals surface area contributed by atoms with Gasteiger partial charge < -0.3 is 27.6 Å². The normalized spacial score (nSPS) is 11.9. The Bertz CT molecular complexity index is 1120. The van der Waals surface area contributed by atoms with Gasteiger partial charge in [0.2, 0.25) is 11.4 Å². The Morgan fingerprint density at radius 3 is 1.69 bits per heavy atom. The number of rotatable bonds is 15. The fraction of sp³-hybridized carbons (Fsp3) is 0.750. The number of hydrogen-bond donors (Lipinski definition) is 0. The van der Waals surface area contributed by atoms with E-state index in [0.29, 0.717) is 29.5 Å². The van der Waals surface area contributed by atoms with Crippen molar-refractivity contribution in [3.63, 3.8) is 0 Å². The van der Waals surface area contributed by atoms with Crippen LogP contribution >= 0.6 is 56.8 Å². The van der Waals surface area contributed by atoms with E-state index in [1.54, 1.807) is 0 Å². The zero-order valence-electron chi connectivity index (χ0n) is 20.8. The van der Waals surface area contributed by atoms with Gasteiger partial charge in [-0.3, -0.25) is 9.59 Å². The Kier molecular flexibility index (Phi) is 16.1. The van der Waals surface area contributed by atoms with E-state index in [2.05, 4.69) is 10.2 Å². The van der Waals surface area contributed by atoms with Crippen molar-refractivity contribution in [2.75, 3.05) is 34.5 Å². The molecule has 0 N–H and O–H groups in total. The number of methoxy groups -OCH3 is 1. The van der Waals surface area contributed by atoms with Gasteiger partial charge in [-0.15, -0.1) is 10.2 Å². The van der Waals surface area contributed by atoms with Gasteiger partial charge in [0.05, 0.1) is 26.4 Å². The third-order valence-electron chi connectivity index (χ3n) is 3.38. The van der Waals surface area contributed by atoms with E-state index in [-0.39, 0.29) is 21.7 Å². The van der Waals surface area contributed by atoms with Crippen LogP contribution < -0.4 is 19.2 Å². The molecule has 0 saturated heterocycles. The molecule has 2 heterocycles. The van der Waals surface area contributed by atoms with Gasteiger partial charge in [0, 0.05) is 14.2 Å². The third kappa shape index (κ3) is 11.9. The zero-order valence-corrected chi connectivity index (χ0v) is 27.5. The molecule has 2 aromatic rings. The predicted octanol–water partition coefficient (Wildman–Crippen LogP) is 4.60. The van der Waals surface area contributed by atoms with Crippen molar-refractivity contribution in [2.24, 2.45) is 0 Å². The molecule has 0 aliphatic heterocycles. The number of hydrogen-bond acceptors (Lipinski definition) is 16. The molecule has 0 aliphatic rings. The lowest BCUT2D eigenvalue weighted by Gasteiger charge is -2.19. The summed E-state index contributed by atoms with van der Waals surface area (Å²) >= 11 is 15.0. The molecular weight excluding hydrogens is 631 g/mol. The van der Waals surface area contributed by atoms with Gasteiger partial charge in [-0.2, -0.15) is 0 Å². The highest BCUT2D eigenvalue weighted by Crippen LogP contribution is 2.61. The van der Waals surface area contributed by atoms with Crippen LogP contribution in [0.2, 0.25) is 0 Å². The van der Waals surface area contributed by atoms with E-state index in [1.165, 1.54) is 53.5 Å². The minimum absolute atomic E-state index is 0.0148. The molecule has 36 heavy (non-hydrogen) atoms. The first-order valence-electron chi connectivity index (χ1n) is 10.2. The molecule has 0 fully saturated rings. The monoisotopic (exact) mass is 660 g/mol. The van der Waals surface area contributed by atoms with Crippen molar-refractivity contribution in [1.82, 2.24) is 19.6 Å². The summed E-state index contributed by atoms with van der Waals surface area (Å²) in [5.41, 5.74) is -4.76. The van der Waals surface area contributed by atoms with Gasteiger partial charge in [-0.05, 0) is 96.7 Å². The first-order valence-corrected chi connectivity index (χ1v) is 20.3. The average molecular weight is 661 g/mol. The molecule has 12 nitrogen and oxygen atoms in total. The molecule has 0 saturated carbocycles. The fourth-order valence-electron chi connectivity index (χ4n) is 1.93. The van der Waals surface area contributed by atoms with Crippen molar-refractivity contribution < 1.29 is 27.6 Å². The molecule has 0 amide bonds. The number of ether oxygens (including phenoxy) is 2. The standard InChI is InChI=1S/C10H19N2O4PS3.C6H11N2O4PS3/c1-5-14-17(18,15-6-2)19-7-12-10(13)20-9(11-12)16-8(3)4;1-10-5-7-8(6(9)16-5)4-15-13(14,11-2)12-3/h8H,5-7H2,1-4H3;4H2,1-3H3. The van der Waals surface area contributed by atoms with Crippen LogP contribution in [0.5, 0.6) is 10.4 Å². The van der Waals surface area contributed by atoms with E-state index < -0.39 is 11.4 Å². The molecular formula is C16H30N4O8P2S6. The first kappa shape index (κ1) is 34.2. The Labute approximate surface area is 236 Å². The first-order chi connectivity index (χ1) is 16.9. The van der Waals surface area contributed by atoms with E-state index in [1.807, 2.05) is 27.7 Å². The molecule has 0 radical (unpaired) electrons. The molecule has 0 unspecified atom stereocenters. The highest BCUT2D eigenvalue weighted by molar-refractivity contribution is 8.67. The maximum atomic E-state index is 11.8. The highest BCUT2D eigenvalue weighted by Gasteiger charge is 2.21. The van der Waals surface area contributed by atoms with Gasteiger partial charge in [0.1, 0.15) is 11.8 Å². The summed E-state index contributed by atoms with van der Waals surface area (Å²) in [6.45, 7) is 8.47.